The number of anilines is 1. The number of carbonyl (C=O) groups is 1. The van der Waals surface area contributed by atoms with Crippen molar-refractivity contribution in [2.45, 2.75) is 13.5 Å². The number of benzene rings is 2. The predicted octanol–water partition coefficient (Wildman–Crippen LogP) is 4.75. The quantitative estimate of drug-likeness (QED) is 0.332. The summed E-state index contributed by atoms with van der Waals surface area (Å²) in [5.41, 5.74) is 4.87. The van der Waals surface area contributed by atoms with Gasteiger partial charge in [0, 0.05) is 62.0 Å². The molecule has 5 rings (SSSR count). The number of nitrogens with zero attached hydrogens (tertiary/aromatic N) is 5. The molecule has 0 N–H and O–H groups in total. The molecular weight excluding hydrogens is 462 g/mol. The molecule has 0 bridgehead atoms. The number of hydrogen-bond donors (Lipinski definition) is 0. The monoisotopic (exact) mass is 493 g/mol. The summed E-state index contributed by atoms with van der Waals surface area (Å²) in [5.74, 6) is 0.894. The van der Waals surface area contributed by atoms with Crippen LogP contribution in [-0.4, -0.2) is 58.4 Å². The van der Waals surface area contributed by atoms with Gasteiger partial charge in [-0.2, -0.15) is 5.10 Å². The largest absolute Gasteiger partial charge is 0.492 e. The molecule has 1 aliphatic heterocycles. The minimum Gasteiger partial charge on any atom is -0.492 e. The van der Waals surface area contributed by atoms with Gasteiger partial charge in [-0.05, 0) is 42.8 Å². The fourth-order valence-electron chi connectivity index (χ4n) is 4.57. The normalized spacial score (nSPS) is 13.8. The molecule has 7 heteroatoms. The molecule has 4 aromatic rings. The number of pyridine rings is 1. The lowest BCUT2D eigenvalue weighted by molar-refractivity contribution is -0.126. The Kier molecular flexibility index (Phi) is 7.60. The Hall–Kier alpha value is -4.39. The molecule has 0 aliphatic carbocycles. The summed E-state index contributed by atoms with van der Waals surface area (Å²) < 4.78 is 7.71. The van der Waals surface area contributed by atoms with Crippen molar-refractivity contribution in [3.63, 3.8) is 0 Å². The average Bonchev–Trinajstić information content (AvgIpc) is 3.36. The van der Waals surface area contributed by atoms with Crippen LogP contribution in [0.5, 0.6) is 5.75 Å². The summed E-state index contributed by atoms with van der Waals surface area (Å²) in [5, 5.41) is 4.82. The molecule has 7 nitrogen and oxygen atoms in total. The topological polar surface area (TPSA) is 63.5 Å². The van der Waals surface area contributed by atoms with Crippen molar-refractivity contribution < 1.29 is 9.53 Å². The number of carbonyl (C=O) groups excluding carboxylic acids is 1. The van der Waals surface area contributed by atoms with Crippen LogP contribution in [0.3, 0.4) is 0 Å². The molecule has 1 fully saturated rings. The van der Waals surface area contributed by atoms with E-state index in [1.54, 1.807) is 18.5 Å². The van der Waals surface area contributed by atoms with E-state index in [-0.39, 0.29) is 5.91 Å². The maximum atomic E-state index is 13.1. The van der Waals surface area contributed by atoms with E-state index >= 15 is 0 Å². The lowest BCUT2D eigenvalue weighted by Gasteiger charge is -2.36. The number of ether oxygens (including phenoxy) is 1. The number of aromatic nitrogens is 3. The molecular formula is C30H31N5O2. The lowest BCUT2D eigenvalue weighted by atomic mass is 10.1. The average molecular weight is 494 g/mol. The van der Waals surface area contributed by atoms with Gasteiger partial charge in [0.1, 0.15) is 11.4 Å². The zero-order valence-corrected chi connectivity index (χ0v) is 21.0. The minimum atomic E-state index is 0.00527. The Morgan fingerprint density at radius 2 is 1.76 bits per heavy atom. The van der Waals surface area contributed by atoms with Gasteiger partial charge in [0.15, 0.2) is 0 Å². The Balaban J connectivity index is 1.29. The van der Waals surface area contributed by atoms with Gasteiger partial charge in [0.25, 0.3) is 0 Å². The Labute approximate surface area is 217 Å². The van der Waals surface area contributed by atoms with Crippen molar-refractivity contribution in [1.82, 2.24) is 19.7 Å². The molecule has 3 heterocycles. The van der Waals surface area contributed by atoms with Crippen molar-refractivity contribution in [3.05, 3.63) is 103 Å². The summed E-state index contributed by atoms with van der Waals surface area (Å²) in [6.07, 6.45) is 9.06. The van der Waals surface area contributed by atoms with Crippen LogP contribution in [0, 0.1) is 0 Å². The van der Waals surface area contributed by atoms with Gasteiger partial charge < -0.3 is 14.5 Å². The highest BCUT2D eigenvalue weighted by atomic mass is 16.5. The van der Waals surface area contributed by atoms with Crippen LogP contribution >= 0.6 is 0 Å². The van der Waals surface area contributed by atoms with Crippen molar-refractivity contribution in [2.24, 2.45) is 0 Å². The SMILES string of the molecule is CCOc1ccccc1N1CCN(C(=O)/C=C/c2cn(Cc3ccccc3)nc2-c2cccnc2)CC1. The standard InChI is InChI=1S/C30H31N5O2/c1-2-37-28-13-7-6-12-27(28)33-17-19-34(20-18-33)29(36)15-14-26-23-35(22-24-9-4-3-5-10-24)32-30(26)25-11-8-16-31-21-25/h3-16,21,23H,2,17-20,22H2,1H3/b15-14+. The maximum Gasteiger partial charge on any atom is 0.246 e. The molecule has 1 amide bonds. The first kappa shape index (κ1) is 24.3. The lowest BCUT2D eigenvalue weighted by Crippen LogP contribution is -2.48. The summed E-state index contributed by atoms with van der Waals surface area (Å²) in [7, 11) is 0. The molecule has 0 spiro atoms. The maximum absolute atomic E-state index is 13.1. The third-order valence-corrected chi connectivity index (χ3v) is 6.41. The van der Waals surface area contributed by atoms with E-state index in [4.69, 9.17) is 9.84 Å². The van der Waals surface area contributed by atoms with Crippen LogP contribution < -0.4 is 9.64 Å². The summed E-state index contributed by atoms with van der Waals surface area (Å²) in [4.78, 5) is 21.5. The summed E-state index contributed by atoms with van der Waals surface area (Å²) in [6.45, 7) is 6.12. The molecule has 0 atom stereocenters. The van der Waals surface area contributed by atoms with Crippen LogP contribution in [0.25, 0.3) is 17.3 Å². The fourth-order valence-corrected chi connectivity index (χ4v) is 4.57. The van der Waals surface area contributed by atoms with E-state index < -0.39 is 0 Å². The molecule has 0 saturated carbocycles. The summed E-state index contributed by atoms with van der Waals surface area (Å²) >= 11 is 0. The van der Waals surface area contributed by atoms with E-state index in [0.29, 0.717) is 26.2 Å². The van der Waals surface area contributed by atoms with E-state index in [2.05, 4.69) is 28.1 Å². The van der Waals surface area contributed by atoms with Crippen LogP contribution in [0.4, 0.5) is 5.69 Å². The second kappa shape index (κ2) is 11.6. The van der Waals surface area contributed by atoms with Crippen LogP contribution in [0.15, 0.2) is 91.4 Å². The number of piperazine rings is 1. The second-order valence-electron chi connectivity index (χ2n) is 8.90. The highest BCUT2D eigenvalue weighted by Crippen LogP contribution is 2.29. The van der Waals surface area contributed by atoms with E-state index in [0.717, 1.165) is 46.9 Å². The van der Waals surface area contributed by atoms with E-state index in [1.165, 1.54) is 0 Å². The van der Waals surface area contributed by atoms with Gasteiger partial charge in [-0.25, -0.2) is 0 Å². The van der Waals surface area contributed by atoms with Crippen molar-refractivity contribution in [3.8, 4) is 17.0 Å². The predicted molar refractivity (Wildman–Crippen MR) is 146 cm³/mol. The van der Waals surface area contributed by atoms with Crippen LogP contribution in [0.2, 0.25) is 0 Å². The molecule has 188 valence electrons. The summed E-state index contributed by atoms with van der Waals surface area (Å²) in [6, 6.07) is 22.2. The minimum absolute atomic E-state index is 0.00527. The number of para-hydroxylation sites is 2. The zero-order chi connectivity index (χ0) is 25.5. The molecule has 37 heavy (non-hydrogen) atoms. The van der Waals surface area contributed by atoms with Crippen LogP contribution in [0.1, 0.15) is 18.1 Å². The van der Waals surface area contributed by atoms with Gasteiger partial charge in [0.05, 0.1) is 18.8 Å². The highest BCUT2D eigenvalue weighted by Gasteiger charge is 2.22. The molecule has 0 radical (unpaired) electrons. The Morgan fingerprint density at radius 1 is 0.973 bits per heavy atom. The first-order valence-electron chi connectivity index (χ1n) is 12.7. The Bertz CT molecular complexity index is 1340. The van der Waals surface area contributed by atoms with E-state index in [1.807, 2.05) is 77.3 Å². The number of hydrogen-bond acceptors (Lipinski definition) is 5. The first-order chi connectivity index (χ1) is 18.2. The number of rotatable bonds is 8. The van der Waals surface area contributed by atoms with Crippen molar-refractivity contribution in [2.75, 3.05) is 37.7 Å². The van der Waals surface area contributed by atoms with Gasteiger partial charge in [-0.15, -0.1) is 0 Å². The molecule has 1 saturated heterocycles. The molecule has 2 aromatic carbocycles. The number of amides is 1. The molecule has 2 aromatic heterocycles. The molecule has 0 unspecified atom stereocenters. The van der Waals surface area contributed by atoms with Crippen molar-refractivity contribution in [1.29, 1.82) is 0 Å². The highest BCUT2D eigenvalue weighted by molar-refractivity contribution is 5.93. The zero-order valence-electron chi connectivity index (χ0n) is 21.0. The third kappa shape index (κ3) is 5.89. The van der Waals surface area contributed by atoms with Crippen LogP contribution in [-0.2, 0) is 11.3 Å². The van der Waals surface area contributed by atoms with E-state index in [9.17, 15) is 4.79 Å². The van der Waals surface area contributed by atoms with Gasteiger partial charge >= 0.3 is 0 Å². The second-order valence-corrected chi connectivity index (χ2v) is 8.90. The first-order valence-corrected chi connectivity index (χ1v) is 12.7. The van der Waals surface area contributed by atoms with Gasteiger partial charge in [-0.3, -0.25) is 14.5 Å². The Morgan fingerprint density at radius 3 is 2.51 bits per heavy atom. The van der Waals surface area contributed by atoms with Gasteiger partial charge in [0.2, 0.25) is 5.91 Å². The smallest absolute Gasteiger partial charge is 0.246 e. The molecule has 1 aliphatic rings. The van der Waals surface area contributed by atoms with Gasteiger partial charge in [-0.1, -0.05) is 42.5 Å². The fraction of sp³-hybridized carbons (Fsp3) is 0.233. The third-order valence-electron chi connectivity index (χ3n) is 6.41. The van der Waals surface area contributed by atoms with Crippen molar-refractivity contribution >= 4 is 17.7 Å².